The molecule has 0 aromatic heterocycles. The molecule has 0 aliphatic carbocycles. The molecule has 1 atom stereocenters. The van der Waals surface area contributed by atoms with Crippen LogP contribution in [0.4, 0.5) is 4.39 Å². The maximum absolute atomic E-state index is 13.7. The summed E-state index contributed by atoms with van der Waals surface area (Å²) in [7, 11) is 0. The molecule has 0 saturated carbocycles. The smallest absolute Gasteiger partial charge is 0.248 e. The van der Waals surface area contributed by atoms with E-state index < -0.39 is 11.7 Å². The molecule has 2 rings (SSSR count). The molecule has 1 aromatic carbocycles. The van der Waals surface area contributed by atoms with Crippen molar-refractivity contribution in [2.75, 3.05) is 13.2 Å². The van der Waals surface area contributed by atoms with E-state index in [4.69, 9.17) is 10.5 Å². The van der Waals surface area contributed by atoms with Crippen LogP contribution in [0.5, 0.6) is 0 Å². The summed E-state index contributed by atoms with van der Waals surface area (Å²) in [6.07, 6.45) is 4.64. The number of piperidine rings is 1. The average molecular weight is 280 g/mol. The Balaban J connectivity index is 1.74. The Morgan fingerprint density at radius 1 is 1.45 bits per heavy atom. The van der Waals surface area contributed by atoms with Gasteiger partial charge in [0.05, 0.1) is 6.61 Å². The number of ether oxygens (including phenoxy) is 1. The number of carbonyl (C=O) groups is 1. The molecular formula is C15H21FN2O2. The molecule has 1 amide bonds. The Labute approximate surface area is 118 Å². The minimum Gasteiger partial charge on any atom is -0.377 e. The van der Waals surface area contributed by atoms with Crippen LogP contribution in [0.1, 0.15) is 41.6 Å². The summed E-state index contributed by atoms with van der Waals surface area (Å²) in [5, 5.41) is 3.44. The third kappa shape index (κ3) is 4.28. The number of rotatable bonds is 6. The lowest BCUT2D eigenvalue weighted by atomic mass is 10.0. The number of amides is 1. The minimum absolute atomic E-state index is 0.178. The van der Waals surface area contributed by atoms with E-state index in [0.717, 1.165) is 19.0 Å². The lowest BCUT2D eigenvalue weighted by molar-refractivity contribution is 0.0997. The zero-order valence-corrected chi connectivity index (χ0v) is 11.5. The summed E-state index contributed by atoms with van der Waals surface area (Å²) in [5.74, 6) is -1.07. The molecule has 4 nitrogen and oxygen atoms in total. The number of nitrogens with one attached hydrogen (secondary N) is 1. The highest BCUT2D eigenvalue weighted by molar-refractivity contribution is 5.92. The molecule has 0 spiro atoms. The number of nitrogens with two attached hydrogens (primary N) is 1. The van der Waals surface area contributed by atoms with E-state index in [1.807, 2.05) is 0 Å². The van der Waals surface area contributed by atoms with Crippen LogP contribution in [0.25, 0.3) is 0 Å². The summed E-state index contributed by atoms with van der Waals surface area (Å²) in [5.41, 5.74) is 5.72. The van der Waals surface area contributed by atoms with Crippen LogP contribution in [0, 0.1) is 5.82 Å². The first kappa shape index (κ1) is 14.9. The molecule has 1 aromatic rings. The largest absolute Gasteiger partial charge is 0.377 e. The molecule has 1 unspecified atom stereocenters. The normalized spacial score (nSPS) is 18.9. The van der Waals surface area contributed by atoms with Crippen molar-refractivity contribution in [3.63, 3.8) is 0 Å². The van der Waals surface area contributed by atoms with Crippen molar-refractivity contribution in [1.82, 2.24) is 5.32 Å². The second-order valence-corrected chi connectivity index (χ2v) is 5.16. The van der Waals surface area contributed by atoms with E-state index in [-0.39, 0.29) is 12.2 Å². The SMILES string of the molecule is NC(=O)c1ccc(COCCC2CCCCN2)c(F)c1. The van der Waals surface area contributed by atoms with E-state index >= 15 is 0 Å². The standard InChI is InChI=1S/C15H21FN2O2/c16-14-9-11(15(17)19)4-5-12(14)10-20-8-6-13-3-1-2-7-18-13/h4-5,9,13,18H,1-3,6-8,10H2,(H2,17,19). The van der Waals surface area contributed by atoms with Gasteiger partial charge < -0.3 is 15.8 Å². The van der Waals surface area contributed by atoms with Crippen LogP contribution >= 0.6 is 0 Å². The first-order valence-corrected chi connectivity index (χ1v) is 7.06. The number of hydrogen-bond acceptors (Lipinski definition) is 3. The lowest BCUT2D eigenvalue weighted by Crippen LogP contribution is -2.34. The van der Waals surface area contributed by atoms with Gasteiger partial charge in [-0.05, 0) is 37.9 Å². The summed E-state index contributed by atoms with van der Waals surface area (Å²) < 4.78 is 19.2. The van der Waals surface area contributed by atoms with Gasteiger partial charge in [0.15, 0.2) is 0 Å². The van der Waals surface area contributed by atoms with Crippen molar-refractivity contribution in [2.45, 2.75) is 38.3 Å². The number of hydrogen-bond donors (Lipinski definition) is 2. The molecule has 3 N–H and O–H groups in total. The maximum Gasteiger partial charge on any atom is 0.248 e. The van der Waals surface area contributed by atoms with E-state index in [1.165, 1.54) is 25.3 Å². The first-order valence-electron chi connectivity index (χ1n) is 7.06. The fraction of sp³-hybridized carbons (Fsp3) is 0.533. The maximum atomic E-state index is 13.7. The predicted octanol–water partition coefficient (Wildman–Crippen LogP) is 1.97. The summed E-state index contributed by atoms with van der Waals surface area (Å²) in [6.45, 7) is 1.90. The Hall–Kier alpha value is -1.46. The van der Waals surface area contributed by atoms with Crippen molar-refractivity contribution in [2.24, 2.45) is 5.73 Å². The van der Waals surface area contributed by atoms with Gasteiger partial charge in [0, 0.05) is 23.8 Å². The topological polar surface area (TPSA) is 64.4 Å². The van der Waals surface area contributed by atoms with Gasteiger partial charge in [-0.15, -0.1) is 0 Å². The van der Waals surface area contributed by atoms with Crippen LogP contribution in [0.2, 0.25) is 0 Å². The Bertz CT molecular complexity index is 459. The molecule has 1 aliphatic rings. The highest BCUT2D eigenvalue weighted by Gasteiger charge is 2.12. The monoisotopic (exact) mass is 280 g/mol. The molecule has 1 fully saturated rings. The van der Waals surface area contributed by atoms with Crippen LogP contribution in [-0.2, 0) is 11.3 Å². The number of carbonyl (C=O) groups excluding carboxylic acids is 1. The Morgan fingerprint density at radius 2 is 2.30 bits per heavy atom. The fourth-order valence-electron chi connectivity index (χ4n) is 2.40. The van der Waals surface area contributed by atoms with Crippen molar-refractivity contribution in [3.05, 3.63) is 35.1 Å². The van der Waals surface area contributed by atoms with Crippen LogP contribution in [0.15, 0.2) is 18.2 Å². The highest BCUT2D eigenvalue weighted by Crippen LogP contribution is 2.13. The van der Waals surface area contributed by atoms with Crippen molar-refractivity contribution in [1.29, 1.82) is 0 Å². The summed E-state index contributed by atoms with van der Waals surface area (Å²) in [4.78, 5) is 10.9. The Morgan fingerprint density at radius 3 is 2.95 bits per heavy atom. The van der Waals surface area contributed by atoms with E-state index in [2.05, 4.69) is 5.32 Å². The Kier molecular flexibility index (Phi) is 5.49. The summed E-state index contributed by atoms with van der Waals surface area (Å²) >= 11 is 0. The van der Waals surface area contributed by atoms with E-state index in [9.17, 15) is 9.18 Å². The zero-order chi connectivity index (χ0) is 14.4. The average Bonchev–Trinajstić information content (AvgIpc) is 2.46. The van der Waals surface area contributed by atoms with Gasteiger partial charge in [-0.1, -0.05) is 12.5 Å². The third-order valence-electron chi connectivity index (χ3n) is 3.62. The zero-order valence-electron chi connectivity index (χ0n) is 11.5. The predicted molar refractivity (Wildman–Crippen MR) is 74.8 cm³/mol. The van der Waals surface area contributed by atoms with Crippen LogP contribution in [0.3, 0.4) is 0 Å². The van der Waals surface area contributed by atoms with Gasteiger partial charge >= 0.3 is 0 Å². The molecule has 0 bridgehead atoms. The van der Waals surface area contributed by atoms with Gasteiger partial charge in [0.2, 0.25) is 5.91 Å². The molecule has 1 saturated heterocycles. The van der Waals surface area contributed by atoms with Crippen molar-refractivity contribution < 1.29 is 13.9 Å². The van der Waals surface area contributed by atoms with Gasteiger partial charge in [-0.3, -0.25) is 4.79 Å². The van der Waals surface area contributed by atoms with Crippen LogP contribution < -0.4 is 11.1 Å². The third-order valence-corrected chi connectivity index (χ3v) is 3.62. The van der Waals surface area contributed by atoms with Crippen molar-refractivity contribution >= 4 is 5.91 Å². The second kappa shape index (κ2) is 7.36. The van der Waals surface area contributed by atoms with Crippen LogP contribution in [-0.4, -0.2) is 25.1 Å². The quantitative estimate of drug-likeness (QED) is 0.783. The molecule has 1 aliphatic heterocycles. The number of halogens is 1. The van der Waals surface area contributed by atoms with Gasteiger partial charge in [0.1, 0.15) is 5.82 Å². The number of primary amides is 1. The molecule has 1 heterocycles. The van der Waals surface area contributed by atoms with Gasteiger partial charge in [-0.25, -0.2) is 4.39 Å². The highest BCUT2D eigenvalue weighted by atomic mass is 19.1. The summed E-state index contributed by atoms with van der Waals surface area (Å²) in [6, 6.07) is 4.75. The lowest BCUT2D eigenvalue weighted by Gasteiger charge is -2.23. The van der Waals surface area contributed by atoms with Gasteiger partial charge in [-0.2, -0.15) is 0 Å². The molecule has 0 radical (unpaired) electrons. The second-order valence-electron chi connectivity index (χ2n) is 5.16. The fourth-order valence-corrected chi connectivity index (χ4v) is 2.40. The van der Waals surface area contributed by atoms with Crippen molar-refractivity contribution in [3.8, 4) is 0 Å². The number of benzene rings is 1. The molecule has 110 valence electrons. The van der Waals surface area contributed by atoms with Gasteiger partial charge in [0.25, 0.3) is 0 Å². The van der Waals surface area contributed by atoms with E-state index in [1.54, 1.807) is 6.07 Å². The minimum atomic E-state index is -0.625. The first-order chi connectivity index (χ1) is 9.66. The van der Waals surface area contributed by atoms with E-state index in [0.29, 0.717) is 18.2 Å². The molecule has 5 heteroatoms. The molecule has 20 heavy (non-hydrogen) atoms. The molecular weight excluding hydrogens is 259 g/mol.